The van der Waals surface area contributed by atoms with Crippen molar-refractivity contribution in [2.45, 2.75) is 217 Å². The zero-order valence-corrected chi connectivity index (χ0v) is 40.1. The fraction of sp³-hybridized carbons (Fsp3) is 0.708. The van der Waals surface area contributed by atoms with Crippen molar-refractivity contribution in [3.8, 4) is 11.1 Å². The summed E-state index contributed by atoms with van der Waals surface area (Å²) in [5, 5.41) is 0. The van der Waals surface area contributed by atoms with Crippen LogP contribution in [0.15, 0.2) is 67.3 Å². The Kier molecular flexibility index (Phi) is 13.4. The molecule has 4 aliphatic heterocycles. The Bertz CT molecular complexity index is 1710. The molecule has 328 valence electrons. The summed E-state index contributed by atoms with van der Waals surface area (Å²) in [6.45, 7) is 38.3. The number of rotatable bonds is 16. The van der Waals surface area contributed by atoms with Crippen molar-refractivity contribution in [2.75, 3.05) is 0 Å². The Morgan fingerprint density at radius 3 is 1.08 bits per heavy atom. The van der Waals surface area contributed by atoms with Gasteiger partial charge in [-0.2, -0.15) is 0 Å². The third-order valence-corrected chi connectivity index (χ3v) is 15.8. The second kappa shape index (κ2) is 16.9. The molecule has 0 unspecified atom stereocenters. The van der Waals surface area contributed by atoms with Crippen LogP contribution < -0.4 is 0 Å². The van der Waals surface area contributed by atoms with E-state index in [2.05, 4.69) is 172 Å². The zero-order valence-electron chi connectivity index (χ0n) is 40.1. The van der Waals surface area contributed by atoms with Gasteiger partial charge in [-0.3, -0.25) is 0 Å². The first-order valence-corrected chi connectivity index (χ1v) is 22.8. The number of benzene rings is 2. The summed E-state index contributed by atoms with van der Waals surface area (Å²) in [5.41, 5.74) is -0.174. The van der Waals surface area contributed by atoms with Crippen molar-refractivity contribution in [3.05, 3.63) is 72.8 Å². The van der Waals surface area contributed by atoms with Crippen LogP contribution in [0.1, 0.15) is 148 Å². The van der Waals surface area contributed by atoms with Gasteiger partial charge in [0.2, 0.25) is 0 Å². The van der Waals surface area contributed by atoms with Crippen LogP contribution >= 0.6 is 0 Å². The molecule has 4 saturated heterocycles. The molecule has 0 N–H and O–H groups in total. The standard InChI is InChI=1S/C48H76B4O8/c1-18-22-37(49-53-41(2,3)42(4,5)54-49)31-39(51-57-45(10,11)46(12,13)58-51)33-40(52-59-47(14,15)48(16,17)60-52)32-38(50-55-43(6,7)44(8,9)56-50)30-27-34-25-28-36(29-26-34)35-23-20-19-21-24-35/h18-21,23-26,28-29,37-40H,1,22,27,30-33H2,2-17H3/t37-,38-,39-,40-/m0/s1. The van der Waals surface area contributed by atoms with Crippen LogP contribution in [0.25, 0.3) is 11.1 Å². The van der Waals surface area contributed by atoms with Gasteiger partial charge in [0.1, 0.15) is 0 Å². The van der Waals surface area contributed by atoms with Crippen molar-refractivity contribution in [1.29, 1.82) is 0 Å². The van der Waals surface area contributed by atoms with Crippen molar-refractivity contribution in [3.63, 3.8) is 0 Å². The van der Waals surface area contributed by atoms with E-state index in [1.807, 2.05) is 6.08 Å². The quantitative estimate of drug-likeness (QED) is 0.122. The van der Waals surface area contributed by atoms with E-state index < -0.39 is 73.3 Å². The van der Waals surface area contributed by atoms with E-state index in [0.29, 0.717) is 0 Å². The van der Waals surface area contributed by atoms with Crippen molar-refractivity contribution in [1.82, 2.24) is 0 Å². The highest BCUT2D eigenvalue weighted by Gasteiger charge is 2.61. The second-order valence-corrected chi connectivity index (χ2v) is 22.4. The average molecular weight is 824 g/mol. The number of hydrogen-bond acceptors (Lipinski definition) is 8. The molecule has 2 aromatic rings. The summed E-state index contributed by atoms with van der Waals surface area (Å²) in [5.74, 6) is -0.0510. The molecule has 0 radical (unpaired) electrons. The third-order valence-electron chi connectivity index (χ3n) is 15.8. The number of aryl methyl sites for hydroxylation is 1. The summed E-state index contributed by atoms with van der Waals surface area (Å²) < 4.78 is 55.1. The molecule has 4 fully saturated rings. The molecule has 0 saturated carbocycles. The maximum atomic E-state index is 6.99. The van der Waals surface area contributed by atoms with Gasteiger partial charge in [0.05, 0.1) is 44.8 Å². The van der Waals surface area contributed by atoms with E-state index in [1.165, 1.54) is 16.7 Å². The van der Waals surface area contributed by atoms with E-state index in [-0.39, 0.29) is 23.3 Å². The first-order chi connectivity index (χ1) is 27.6. The molecule has 60 heavy (non-hydrogen) atoms. The second-order valence-electron chi connectivity index (χ2n) is 22.4. The maximum Gasteiger partial charge on any atom is 0.461 e. The molecule has 0 aromatic heterocycles. The average Bonchev–Trinajstić information content (AvgIpc) is 3.69. The molecule has 0 spiro atoms. The molecular formula is C48H76B4O8. The molecule has 4 atom stereocenters. The van der Waals surface area contributed by atoms with Crippen LogP contribution in [0.3, 0.4) is 0 Å². The van der Waals surface area contributed by atoms with E-state index in [9.17, 15) is 0 Å². The summed E-state index contributed by atoms with van der Waals surface area (Å²) >= 11 is 0. The van der Waals surface area contributed by atoms with Gasteiger partial charge in [-0.05, 0) is 170 Å². The minimum absolute atomic E-state index is 0.0178. The highest BCUT2D eigenvalue weighted by molar-refractivity contribution is 6.51. The summed E-state index contributed by atoms with van der Waals surface area (Å²) in [6.07, 6.45) is 6.69. The third kappa shape index (κ3) is 9.77. The Labute approximate surface area is 365 Å². The highest BCUT2D eigenvalue weighted by atomic mass is 16.7. The first-order valence-electron chi connectivity index (χ1n) is 22.8. The Balaban J connectivity index is 1.35. The maximum absolute atomic E-state index is 6.99. The smallest absolute Gasteiger partial charge is 0.403 e. The Morgan fingerprint density at radius 1 is 0.417 bits per heavy atom. The Hall–Kier alpha value is -1.88. The predicted molar refractivity (Wildman–Crippen MR) is 248 cm³/mol. The predicted octanol–water partition coefficient (Wildman–Crippen LogP) is 11.9. The molecule has 4 heterocycles. The molecule has 6 rings (SSSR count). The minimum Gasteiger partial charge on any atom is -0.403 e. The number of allylic oxidation sites excluding steroid dienone is 1. The number of hydrogen-bond donors (Lipinski definition) is 0. The monoisotopic (exact) mass is 825 g/mol. The van der Waals surface area contributed by atoms with E-state index in [4.69, 9.17) is 37.2 Å². The van der Waals surface area contributed by atoms with Gasteiger partial charge in [-0.1, -0.05) is 79.9 Å². The SMILES string of the molecule is C=CC[C@@H](C[C@@H](C[C@H](C[C@H](CCc1ccc(-c2ccccc2)cc1)B1OC(C)(C)C(C)(C)O1)B1OC(C)(C)C(C)(C)O1)B1OC(C)(C)C(C)(C)O1)B1OC(C)(C)C(C)(C)O1. The topological polar surface area (TPSA) is 73.8 Å². The van der Waals surface area contributed by atoms with Gasteiger partial charge in [0.15, 0.2) is 0 Å². The van der Waals surface area contributed by atoms with Gasteiger partial charge in [0.25, 0.3) is 0 Å². The first kappa shape index (κ1) is 47.6. The lowest BCUT2D eigenvalue weighted by Crippen LogP contribution is -2.41. The normalized spacial score (nSPS) is 26.3. The largest absolute Gasteiger partial charge is 0.461 e. The molecule has 12 heteroatoms. The van der Waals surface area contributed by atoms with Gasteiger partial charge in [-0.25, -0.2) is 0 Å². The summed E-state index contributed by atoms with van der Waals surface area (Å²) in [6, 6.07) is 19.5. The van der Waals surface area contributed by atoms with Gasteiger partial charge in [-0.15, -0.1) is 6.58 Å². The van der Waals surface area contributed by atoms with Crippen LogP contribution in [-0.4, -0.2) is 73.3 Å². The molecule has 2 aromatic carbocycles. The van der Waals surface area contributed by atoms with Crippen LogP contribution in [0, 0.1) is 0 Å². The lowest BCUT2D eigenvalue weighted by Gasteiger charge is -2.32. The lowest BCUT2D eigenvalue weighted by molar-refractivity contribution is 0.00578. The van der Waals surface area contributed by atoms with Gasteiger partial charge < -0.3 is 37.2 Å². The van der Waals surface area contributed by atoms with Gasteiger partial charge >= 0.3 is 28.5 Å². The van der Waals surface area contributed by atoms with Crippen molar-refractivity contribution in [2.24, 2.45) is 0 Å². The molecule has 0 bridgehead atoms. The fourth-order valence-corrected chi connectivity index (χ4v) is 8.87. The van der Waals surface area contributed by atoms with Gasteiger partial charge in [0, 0.05) is 0 Å². The van der Waals surface area contributed by atoms with Crippen LogP contribution in [0.5, 0.6) is 0 Å². The van der Waals surface area contributed by atoms with E-state index in [1.54, 1.807) is 0 Å². The van der Waals surface area contributed by atoms with Crippen molar-refractivity contribution >= 4 is 28.5 Å². The van der Waals surface area contributed by atoms with E-state index >= 15 is 0 Å². The summed E-state index contributed by atoms with van der Waals surface area (Å²) in [7, 11) is -1.74. The van der Waals surface area contributed by atoms with Crippen LogP contribution in [0.4, 0.5) is 0 Å². The molecule has 4 aliphatic rings. The molecule has 0 aliphatic carbocycles. The molecule has 8 nitrogen and oxygen atoms in total. The highest BCUT2D eigenvalue weighted by Crippen LogP contribution is 2.53. The zero-order chi connectivity index (χ0) is 44.3. The van der Waals surface area contributed by atoms with Crippen LogP contribution in [0.2, 0.25) is 23.3 Å². The lowest BCUT2D eigenvalue weighted by atomic mass is 9.51. The molecule has 0 amide bonds. The minimum atomic E-state index is -0.510. The molecular weight excluding hydrogens is 748 g/mol. The van der Waals surface area contributed by atoms with Crippen LogP contribution in [-0.2, 0) is 43.7 Å². The van der Waals surface area contributed by atoms with Crippen molar-refractivity contribution < 1.29 is 37.2 Å². The van der Waals surface area contributed by atoms with E-state index in [0.717, 1.165) is 38.5 Å². The Morgan fingerprint density at radius 2 is 0.717 bits per heavy atom. The summed E-state index contributed by atoms with van der Waals surface area (Å²) in [4.78, 5) is 0. The fourth-order valence-electron chi connectivity index (χ4n) is 8.87.